The summed E-state index contributed by atoms with van der Waals surface area (Å²) in [5.74, 6) is -0.111. The molecule has 0 fully saturated rings. The quantitative estimate of drug-likeness (QED) is 0.525. The van der Waals surface area contributed by atoms with Crippen molar-refractivity contribution < 1.29 is 4.79 Å². The van der Waals surface area contributed by atoms with Crippen LogP contribution in [0.25, 0.3) is 0 Å². The Morgan fingerprint density at radius 1 is 1.32 bits per heavy atom. The Morgan fingerprint density at radius 3 is 2.91 bits per heavy atom. The molecular formula is C16H19N3OS2. The molecule has 1 aliphatic carbocycles. The highest BCUT2D eigenvalue weighted by atomic mass is 32.1. The maximum absolute atomic E-state index is 12.3. The zero-order chi connectivity index (χ0) is 15.5. The Balaban J connectivity index is 1.71. The normalized spacial score (nSPS) is 15.3. The molecule has 1 amide bonds. The molecule has 1 N–H and O–H groups in total. The van der Waals surface area contributed by atoms with Gasteiger partial charge in [-0.3, -0.25) is 4.79 Å². The van der Waals surface area contributed by atoms with Crippen LogP contribution in [-0.2, 0) is 12.8 Å². The summed E-state index contributed by atoms with van der Waals surface area (Å²) in [7, 11) is 0. The number of thiazole rings is 1. The van der Waals surface area contributed by atoms with Crippen LogP contribution in [0.1, 0.15) is 56.9 Å². The number of carbonyl (C=O) groups excluding carboxylic acids is 1. The van der Waals surface area contributed by atoms with Gasteiger partial charge in [-0.15, -0.1) is 22.7 Å². The van der Waals surface area contributed by atoms with Gasteiger partial charge in [-0.25, -0.2) is 10.4 Å². The molecule has 0 aliphatic heterocycles. The molecule has 1 aliphatic rings. The molecule has 0 saturated carbocycles. The van der Waals surface area contributed by atoms with E-state index in [-0.39, 0.29) is 5.91 Å². The molecule has 3 rings (SSSR count). The van der Waals surface area contributed by atoms with Crippen molar-refractivity contribution in [3.05, 3.63) is 37.5 Å². The van der Waals surface area contributed by atoms with Gasteiger partial charge in [0.15, 0.2) is 0 Å². The van der Waals surface area contributed by atoms with Crippen molar-refractivity contribution in [1.82, 2.24) is 10.4 Å². The molecule has 6 heteroatoms. The maximum atomic E-state index is 12.3. The molecule has 0 aromatic carbocycles. The number of nitrogens with zero attached hydrogens (tertiary/aromatic N) is 2. The average molecular weight is 333 g/mol. The first-order chi connectivity index (χ1) is 10.6. The Kier molecular flexibility index (Phi) is 4.69. The van der Waals surface area contributed by atoms with Crippen molar-refractivity contribution in [1.29, 1.82) is 0 Å². The van der Waals surface area contributed by atoms with Crippen LogP contribution in [0, 0.1) is 6.92 Å². The number of nitrogens with one attached hydrogen (secondary N) is 1. The first kappa shape index (κ1) is 15.4. The molecule has 116 valence electrons. The summed E-state index contributed by atoms with van der Waals surface area (Å²) in [5, 5.41) is 4.22. The smallest absolute Gasteiger partial charge is 0.266 e. The van der Waals surface area contributed by atoms with E-state index in [9.17, 15) is 4.79 Å². The van der Waals surface area contributed by atoms with E-state index in [4.69, 9.17) is 0 Å². The Bertz CT molecular complexity index is 691. The number of hydrogen-bond acceptors (Lipinski definition) is 5. The number of hydrazone groups is 1. The summed E-state index contributed by atoms with van der Waals surface area (Å²) in [5.41, 5.74) is 7.57. The summed E-state index contributed by atoms with van der Waals surface area (Å²) in [4.78, 5) is 19.7. The SMILES string of the molecule is CC(=NNC(=O)c1cc2c(s1)CCCCC2)c1scnc1C. The number of fused-ring (bicyclic) bond motifs is 1. The number of amides is 1. The number of rotatable bonds is 3. The van der Waals surface area contributed by atoms with Crippen molar-refractivity contribution in [3.8, 4) is 0 Å². The Morgan fingerprint density at radius 2 is 2.14 bits per heavy atom. The van der Waals surface area contributed by atoms with E-state index in [1.807, 2.05) is 19.9 Å². The average Bonchev–Trinajstić information content (AvgIpc) is 3.05. The fourth-order valence-electron chi connectivity index (χ4n) is 2.67. The summed E-state index contributed by atoms with van der Waals surface area (Å²) < 4.78 is 0. The minimum atomic E-state index is -0.111. The van der Waals surface area contributed by atoms with Gasteiger partial charge in [-0.05, 0) is 51.2 Å². The third-order valence-electron chi connectivity index (χ3n) is 3.87. The first-order valence-corrected chi connectivity index (χ1v) is 9.21. The van der Waals surface area contributed by atoms with Crippen LogP contribution in [0.4, 0.5) is 0 Å². The van der Waals surface area contributed by atoms with Gasteiger partial charge in [0, 0.05) is 4.88 Å². The predicted molar refractivity (Wildman–Crippen MR) is 92.1 cm³/mol. The molecule has 2 aromatic rings. The lowest BCUT2D eigenvalue weighted by atomic mass is 10.1. The lowest BCUT2D eigenvalue weighted by Gasteiger charge is -2.00. The third kappa shape index (κ3) is 3.28. The zero-order valence-electron chi connectivity index (χ0n) is 12.8. The highest BCUT2D eigenvalue weighted by molar-refractivity contribution is 7.14. The van der Waals surface area contributed by atoms with Crippen LogP contribution < -0.4 is 5.43 Å². The second-order valence-electron chi connectivity index (χ2n) is 5.52. The van der Waals surface area contributed by atoms with Crippen molar-refractivity contribution in [2.75, 3.05) is 0 Å². The highest BCUT2D eigenvalue weighted by Crippen LogP contribution is 2.28. The fourth-order valence-corrected chi connectivity index (χ4v) is 4.57. The lowest BCUT2D eigenvalue weighted by Crippen LogP contribution is -2.18. The summed E-state index contributed by atoms with van der Waals surface area (Å²) >= 11 is 3.16. The van der Waals surface area contributed by atoms with E-state index in [1.165, 1.54) is 41.0 Å². The van der Waals surface area contributed by atoms with Crippen LogP contribution in [0.3, 0.4) is 0 Å². The Hall–Kier alpha value is -1.53. The molecule has 4 nitrogen and oxygen atoms in total. The van der Waals surface area contributed by atoms with Crippen molar-refractivity contribution >= 4 is 34.3 Å². The molecule has 2 aromatic heterocycles. The third-order valence-corrected chi connectivity index (χ3v) is 6.14. The van der Waals surface area contributed by atoms with E-state index in [2.05, 4.69) is 15.5 Å². The molecule has 0 saturated heterocycles. The monoisotopic (exact) mass is 333 g/mol. The van der Waals surface area contributed by atoms with Gasteiger partial charge >= 0.3 is 0 Å². The minimum absolute atomic E-state index is 0.111. The van der Waals surface area contributed by atoms with Crippen molar-refractivity contribution in [2.24, 2.45) is 5.10 Å². The van der Waals surface area contributed by atoms with Crippen LogP contribution in [0.2, 0.25) is 0 Å². The lowest BCUT2D eigenvalue weighted by molar-refractivity contribution is 0.0959. The zero-order valence-corrected chi connectivity index (χ0v) is 14.4. The van der Waals surface area contributed by atoms with Crippen molar-refractivity contribution in [3.63, 3.8) is 0 Å². The Labute approximate surface area is 138 Å². The molecule has 2 heterocycles. The fraction of sp³-hybridized carbons (Fsp3) is 0.438. The molecule has 0 bridgehead atoms. The first-order valence-electron chi connectivity index (χ1n) is 7.52. The van der Waals surface area contributed by atoms with Crippen molar-refractivity contribution in [2.45, 2.75) is 46.0 Å². The number of thiophene rings is 1. The molecule has 22 heavy (non-hydrogen) atoms. The summed E-state index contributed by atoms with van der Waals surface area (Å²) in [6.45, 7) is 3.84. The van der Waals surface area contributed by atoms with Gasteiger partial charge in [0.2, 0.25) is 0 Å². The van der Waals surface area contributed by atoms with Crippen LogP contribution in [-0.4, -0.2) is 16.6 Å². The van der Waals surface area contributed by atoms with Gasteiger partial charge in [0.25, 0.3) is 5.91 Å². The molecular weight excluding hydrogens is 314 g/mol. The van der Waals surface area contributed by atoms with E-state index in [1.54, 1.807) is 16.8 Å². The molecule has 0 spiro atoms. The van der Waals surface area contributed by atoms with Crippen LogP contribution >= 0.6 is 22.7 Å². The molecule has 0 radical (unpaired) electrons. The second-order valence-corrected chi connectivity index (χ2v) is 7.52. The van der Waals surface area contributed by atoms with Crippen LogP contribution in [0.15, 0.2) is 16.7 Å². The number of aromatic nitrogens is 1. The number of hydrogen-bond donors (Lipinski definition) is 1. The van der Waals surface area contributed by atoms with E-state index in [0.717, 1.165) is 34.0 Å². The van der Waals surface area contributed by atoms with E-state index >= 15 is 0 Å². The molecule has 0 atom stereocenters. The van der Waals surface area contributed by atoms with Gasteiger partial charge in [-0.1, -0.05) is 6.42 Å². The van der Waals surface area contributed by atoms with Crippen LogP contribution in [0.5, 0.6) is 0 Å². The predicted octanol–water partition coefficient (Wildman–Crippen LogP) is 3.94. The van der Waals surface area contributed by atoms with Gasteiger partial charge < -0.3 is 0 Å². The van der Waals surface area contributed by atoms with Gasteiger partial charge in [0.05, 0.1) is 26.7 Å². The maximum Gasteiger partial charge on any atom is 0.281 e. The summed E-state index contributed by atoms with van der Waals surface area (Å²) in [6.07, 6.45) is 5.96. The largest absolute Gasteiger partial charge is 0.281 e. The molecule has 0 unspecified atom stereocenters. The van der Waals surface area contributed by atoms with Gasteiger partial charge in [0.1, 0.15) is 0 Å². The van der Waals surface area contributed by atoms with Gasteiger partial charge in [-0.2, -0.15) is 5.10 Å². The second kappa shape index (κ2) is 6.71. The highest BCUT2D eigenvalue weighted by Gasteiger charge is 2.16. The summed E-state index contributed by atoms with van der Waals surface area (Å²) in [6, 6.07) is 2.05. The number of carbonyl (C=O) groups is 1. The standard InChI is InChI=1S/C16H19N3OS2/c1-10-15(21-9-17-10)11(2)18-19-16(20)14-8-12-6-4-3-5-7-13(12)22-14/h8-9H,3-7H2,1-2H3,(H,19,20). The topological polar surface area (TPSA) is 54.4 Å². The van der Waals surface area contributed by atoms with E-state index in [0.29, 0.717) is 0 Å². The number of aryl methyl sites for hydroxylation is 3. The minimum Gasteiger partial charge on any atom is -0.266 e. The van der Waals surface area contributed by atoms with E-state index < -0.39 is 0 Å².